The van der Waals surface area contributed by atoms with Crippen molar-refractivity contribution >= 4 is 11.0 Å². The molecular weight excluding hydrogens is 284 g/mol. The molecule has 2 aromatic rings. The van der Waals surface area contributed by atoms with E-state index in [0.29, 0.717) is 6.54 Å². The summed E-state index contributed by atoms with van der Waals surface area (Å²) in [5.41, 5.74) is 3.83. The van der Waals surface area contributed by atoms with Crippen LogP contribution in [0, 0.1) is 20.8 Å². The first-order chi connectivity index (χ1) is 10.0. The Labute approximate surface area is 129 Å². The van der Waals surface area contributed by atoms with Crippen LogP contribution in [0.5, 0.6) is 0 Å². The van der Waals surface area contributed by atoms with E-state index in [-0.39, 0.29) is 0 Å². The zero-order valence-electron chi connectivity index (χ0n) is 13.6. The molecule has 21 heavy (non-hydrogen) atoms. The fraction of sp³-hybridized carbons (Fsp3) is 0.438. The molecule has 5 heteroatoms. The van der Waals surface area contributed by atoms with Gasteiger partial charge in [-0.05, 0) is 38.0 Å². The Morgan fingerprint density at radius 3 is 2.43 bits per heavy atom. The smallest absolute Gasteiger partial charge is 0.141 e. The lowest BCUT2D eigenvalue weighted by Gasteiger charge is -2.09. The van der Waals surface area contributed by atoms with Gasteiger partial charge >= 0.3 is 0 Å². The van der Waals surface area contributed by atoms with Gasteiger partial charge in [0.2, 0.25) is 0 Å². The van der Waals surface area contributed by atoms with Gasteiger partial charge in [-0.15, -0.1) is 0 Å². The Bertz CT molecular complexity index is 601. The van der Waals surface area contributed by atoms with Crippen LogP contribution in [0.2, 0.25) is 0 Å². The third-order valence-corrected chi connectivity index (χ3v) is 4.38. The highest BCUT2D eigenvalue weighted by Gasteiger charge is 2.14. The predicted octanol–water partition coefficient (Wildman–Crippen LogP) is 3.93. The van der Waals surface area contributed by atoms with Crippen molar-refractivity contribution in [2.75, 3.05) is 6.54 Å². The van der Waals surface area contributed by atoms with Crippen LogP contribution in [0.15, 0.2) is 27.6 Å². The summed E-state index contributed by atoms with van der Waals surface area (Å²) in [6, 6.07) is 5.93. The quantitative estimate of drug-likeness (QED) is 0.931. The third kappa shape index (κ3) is 4.02. The largest absolute Gasteiger partial charge is 0.361 e. The SMILES string of the molecule is CC.CCNS(=O)c1cc(-c2c(C)noc2C)ccc1C. The predicted molar refractivity (Wildman–Crippen MR) is 87.6 cm³/mol. The van der Waals surface area contributed by atoms with E-state index < -0.39 is 11.0 Å². The molecule has 0 radical (unpaired) electrons. The Balaban J connectivity index is 0.00000106. The van der Waals surface area contributed by atoms with Crippen LogP contribution < -0.4 is 4.72 Å². The molecule has 0 aliphatic heterocycles. The topological polar surface area (TPSA) is 55.1 Å². The molecular formula is C16H24N2O2S. The molecule has 0 saturated carbocycles. The van der Waals surface area contributed by atoms with Gasteiger partial charge in [0.25, 0.3) is 0 Å². The van der Waals surface area contributed by atoms with E-state index in [1.165, 1.54) is 0 Å². The van der Waals surface area contributed by atoms with Crippen LogP contribution in [0.3, 0.4) is 0 Å². The molecule has 116 valence electrons. The monoisotopic (exact) mass is 308 g/mol. The standard InChI is InChI=1S/C14H18N2O2S.C2H6/c1-5-15-19(17)13-8-12(7-6-9(13)2)14-10(3)16-18-11(14)4;1-2/h6-8,15H,5H2,1-4H3;1-2H3. The minimum atomic E-state index is -1.18. The number of rotatable bonds is 4. The van der Waals surface area contributed by atoms with Crippen molar-refractivity contribution in [3.63, 3.8) is 0 Å². The van der Waals surface area contributed by atoms with E-state index in [1.54, 1.807) is 0 Å². The van der Waals surface area contributed by atoms with Crippen molar-refractivity contribution in [2.24, 2.45) is 0 Å². The van der Waals surface area contributed by atoms with Gasteiger partial charge in [-0.2, -0.15) is 0 Å². The summed E-state index contributed by atoms with van der Waals surface area (Å²) in [6.45, 7) is 12.4. The summed E-state index contributed by atoms with van der Waals surface area (Å²) in [6.07, 6.45) is 0. The van der Waals surface area contributed by atoms with Gasteiger partial charge in [0.1, 0.15) is 16.7 Å². The number of benzene rings is 1. The number of aromatic nitrogens is 1. The van der Waals surface area contributed by atoms with Crippen molar-refractivity contribution in [1.29, 1.82) is 0 Å². The molecule has 1 atom stereocenters. The molecule has 0 bridgehead atoms. The van der Waals surface area contributed by atoms with Crippen molar-refractivity contribution < 1.29 is 8.73 Å². The summed E-state index contributed by atoms with van der Waals surface area (Å²) >= 11 is 0. The third-order valence-electron chi connectivity index (χ3n) is 2.99. The van der Waals surface area contributed by atoms with E-state index in [2.05, 4.69) is 9.88 Å². The molecule has 2 rings (SSSR count). The van der Waals surface area contributed by atoms with Crippen LogP contribution in [-0.4, -0.2) is 15.9 Å². The van der Waals surface area contributed by atoms with Gasteiger partial charge in [-0.25, -0.2) is 8.93 Å². The Kier molecular flexibility index (Phi) is 6.78. The zero-order valence-corrected chi connectivity index (χ0v) is 14.4. The number of hydrogen-bond donors (Lipinski definition) is 1. The summed E-state index contributed by atoms with van der Waals surface area (Å²) in [5.74, 6) is 0.779. The van der Waals surface area contributed by atoms with Gasteiger partial charge in [0.15, 0.2) is 0 Å². The highest BCUT2D eigenvalue weighted by atomic mass is 32.2. The lowest BCUT2D eigenvalue weighted by molar-refractivity contribution is 0.393. The Morgan fingerprint density at radius 1 is 1.24 bits per heavy atom. The summed E-state index contributed by atoms with van der Waals surface area (Å²) in [4.78, 5) is 0.805. The van der Waals surface area contributed by atoms with Crippen LogP contribution in [0.1, 0.15) is 37.8 Å². The summed E-state index contributed by atoms with van der Waals surface area (Å²) < 4.78 is 20.2. The van der Waals surface area contributed by atoms with E-state index in [9.17, 15) is 4.21 Å². The fourth-order valence-electron chi connectivity index (χ4n) is 2.06. The van der Waals surface area contributed by atoms with Gasteiger partial charge in [0, 0.05) is 12.1 Å². The molecule has 1 N–H and O–H groups in total. The van der Waals surface area contributed by atoms with Gasteiger partial charge in [0.05, 0.1) is 10.6 Å². The maximum Gasteiger partial charge on any atom is 0.141 e. The number of nitrogens with zero attached hydrogens (tertiary/aromatic N) is 1. The number of aryl methyl sites for hydroxylation is 3. The van der Waals surface area contributed by atoms with Crippen molar-refractivity contribution in [1.82, 2.24) is 9.88 Å². The average Bonchev–Trinajstić information content (AvgIpc) is 2.81. The van der Waals surface area contributed by atoms with Gasteiger partial charge < -0.3 is 4.52 Å². The van der Waals surface area contributed by atoms with Crippen LogP contribution in [0.25, 0.3) is 11.1 Å². The van der Waals surface area contributed by atoms with Crippen molar-refractivity contribution in [3.05, 3.63) is 35.2 Å². The maximum absolute atomic E-state index is 12.1. The van der Waals surface area contributed by atoms with E-state index in [1.807, 2.05) is 59.7 Å². The van der Waals surface area contributed by atoms with E-state index >= 15 is 0 Å². The normalized spacial score (nSPS) is 11.7. The first-order valence-corrected chi connectivity index (χ1v) is 8.38. The highest BCUT2D eigenvalue weighted by molar-refractivity contribution is 7.83. The van der Waals surface area contributed by atoms with Crippen LogP contribution >= 0.6 is 0 Å². The number of hydrogen-bond acceptors (Lipinski definition) is 3. The molecule has 1 heterocycles. The Morgan fingerprint density at radius 2 is 1.90 bits per heavy atom. The second kappa shape index (κ2) is 8.10. The Hall–Kier alpha value is -1.46. The molecule has 4 nitrogen and oxygen atoms in total. The molecule has 0 aliphatic carbocycles. The van der Waals surface area contributed by atoms with Crippen molar-refractivity contribution in [2.45, 2.75) is 46.4 Å². The molecule has 0 spiro atoms. The minimum Gasteiger partial charge on any atom is -0.361 e. The second-order valence-electron chi connectivity index (χ2n) is 4.45. The molecule has 0 aliphatic rings. The number of nitrogens with one attached hydrogen (secondary N) is 1. The summed E-state index contributed by atoms with van der Waals surface area (Å²) in [7, 11) is -1.18. The van der Waals surface area contributed by atoms with E-state index in [0.717, 1.165) is 33.0 Å². The molecule has 0 fully saturated rings. The van der Waals surface area contributed by atoms with Crippen LogP contribution in [0.4, 0.5) is 0 Å². The molecule has 1 aromatic carbocycles. The lowest BCUT2D eigenvalue weighted by Crippen LogP contribution is -2.17. The fourth-order valence-corrected chi connectivity index (χ4v) is 3.07. The first kappa shape index (κ1) is 17.6. The summed E-state index contributed by atoms with van der Waals surface area (Å²) in [5, 5.41) is 3.96. The second-order valence-corrected chi connectivity index (χ2v) is 5.71. The molecule has 1 aromatic heterocycles. The zero-order chi connectivity index (χ0) is 16.0. The molecule has 0 amide bonds. The maximum atomic E-state index is 12.1. The first-order valence-electron chi connectivity index (χ1n) is 7.23. The highest BCUT2D eigenvalue weighted by Crippen LogP contribution is 2.29. The van der Waals surface area contributed by atoms with Crippen LogP contribution in [-0.2, 0) is 11.0 Å². The minimum absolute atomic E-state index is 0.668. The van der Waals surface area contributed by atoms with Crippen molar-refractivity contribution in [3.8, 4) is 11.1 Å². The molecule has 0 saturated heterocycles. The molecule has 1 unspecified atom stereocenters. The van der Waals surface area contributed by atoms with E-state index in [4.69, 9.17) is 4.52 Å². The van der Waals surface area contributed by atoms with Gasteiger partial charge in [-0.1, -0.05) is 38.1 Å². The lowest BCUT2D eigenvalue weighted by atomic mass is 10.0. The van der Waals surface area contributed by atoms with Gasteiger partial charge in [-0.3, -0.25) is 0 Å². The average molecular weight is 308 g/mol.